The Labute approximate surface area is 139 Å². The number of benzene rings is 2. The summed E-state index contributed by atoms with van der Waals surface area (Å²) in [4.78, 5) is 24.0. The van der Waals surface area contributed by atoms with Crippen molar-refractivity contribution < 1.29 is 19.2 Å². The third-order valence-electron chi connectivity index (χ3n) is 3.19. The summed E-state index contributed by atoms with van der Waals surface area (Å²) in [5.41, 5.74) is 0.775. The predicted octanol–water partition coefficient (Wildman–Crippen LogP) is 3.41. The van der Waals surface area contributed by atoms with Crippen LogP contribution in [-0.2, 0) is 4.74 Å². The molecule has 2 rings (SSSR count). The van der Waals surface area contributed by atoms with Crippen molar-refractivity contribution in [3.8, 4) is 5.75 Å². The van der Waals surface area contributed by atoms with Gasteiger partial charge in [0.2, 0.25) is 0 Å². The van der Waals surface area contributed by atoms with Crippen LogP contribution < -0.4 is 4.74 Å². The van der Waals surface area contributed by atoms with Crippen LogP contribution in [0.25, 0.3) is 0 Å². The van der Waals surface area contributed by atoms with Crippen molar-refractivity contribution in [2.24, 2.45) is 0 Å². The van der Waals surface area contributed by atoms with Crippen molar-refractivity contribution in [3.05, 3.63) is 70.3 Å². The fourth-order valence-corrected chi connectivity index (χ4v) is 2.08. The van der Waals surface area contributed by atoms with Gasteiger partial charge in [0.05, 0.1) is 4.92 Å². The minimum atomic E-state index is -0.862. The third kappa shape index (κ3) is 5.06. The minimum absolute atomic E-state index is 0.0783. The summed E-state index contributed by atoms with van der Waals surface area (Å²) < 4.78 is 10.5. The number of carbonyl (C=O) groups is 1. The highest BCUT2D eigenvalue weighted by atomic mass is 16.7. The first-order valence-electron chi connectivity index (χ1n) is 7.28. The molecule has 0 bridgehead atoms. The lowest BCUT2D eigenvalue weighted by atomic mass is 10.1. The molecular formula is C17H18N2O5. The van der Waals surface area contributed by atoms with Gasteiger partial charge in [-0.15, -0.1) is 0 Å². The number of non-ortho nitro benzene ring substituents is 1. The molecule has 0 N–H and O–H groups in total. The molecule has 2 aromatic rings. The third-order valence-corrected chi connectivity index (χ3v) is 3.19. The van der Waals surface area contributed by atoms with Crippen LogP contribution in [0.5, 0.6) is 5.75 Å². The number of ether oxygens (including phenoxy) is 2. The summed E-state index contributed by atoms with van der Waals surface area (Å²) in [5, 5.41) is 10.6. The van der Waals surface area contributed by atoms with Crippen molar-refractivity contribution >= 4 is 11.8 Å². The maximum atomic E-state index is 12.0. The Morgan fingerprint density at radius 1 is 1.12 bits per heavy atom. The van der Waals surface area contributed by atoms with Gasteiger partial charge in [0, 0.05) is 18.7 Å². The summed E-state index contributed by atoms with van der Waals surface area (Å²) in [7, 11) is 3.75. The number of likely N-dealkylation sites (N-methyl/N-ethyl adjacent to an activating group) is 1. The Morgan fingerprint density at radius 2 is 1.75 bits per heavy atom. The molecule has 0 spiro atoms. The Kier molecular flexibility index (Phi) is 5.86. The smallest absolute Gasteiger partial charge is 0.424 e. The molecule has 7 heteroatoms. The zero-order valence-corrected chi connectivity index (χ0v) is 13.4. The first-order valence-corrected chi connectivity index (χ1v) is 7.28. The van der Waals surface area contributed by atoms with E-state index in [0.717, 1.165) is 5.56 Å². The molecule has 0 unspecified atom stereocenters. The fourth-order valence-electron chi connectivity index (χ4n) is 2.08. The zero-order chi connectivity index (χ0) is 17.5. The van der Waals surface area contributed by atoms with Gasteiger partial charge < -0.3 is 14.4 Å². The van der Waals surface area contributed by atoms with Gasteiger partial charge in [-0.25, -0.2) is 4.79 Å². The quantitative estimate of drug-likeness (QED) is 0.349. The molecule has 0 aliphatic rings. The van der Waals surface area contributed by atoms with Gasteiger partial charge in [-0.1, -0.05) is 30.3 Å². The molecule has 24 heavy (non-hydrogen) atoms. The Morgan fingerprint density at radius 3 is 2.29 bits per heavy atom. The second-order valence-electron chi connectivity index (χ2n) is 5.38. The van der Waals surface area contributed by atoms with Crippen molar-refractivity contribution in [2.45, 2.75) is 6.10 Å². The molecule has 0 saturated heterocycles. The molecule has 0 fully saturated rings. The van der Waals surface area contributed by atoms with E-state index >= 15 is 0 Å². The van der Waals surface area contributed by atoms with Gasteiger partial charge in [-0.2, -0.15) is 0 Å². The van der Waals surface area contributed by atoms with Crippen LogP contribution in [0.15, 0.2) is 54.6 Å². The van der Waals surface area contributed by atoms with E-state index in [1.807, 2.05) is 49.3 Å². The summed E-state index contributed by atoms with van der Waals surface area (Å²) in [6.07, 6.45) is -1.34. The summed E-state index contributed by atoms with van der Waals surface area (Å²) in [5.74, 6) is 0.183. The van der Waals surface area contributed by atoms with Gasteiger partial charge in [0.1, 0.15) is 11.9 Å². The zero-order valence-electron chi connectivity index (χ0n) is 13.4. The molecule has 1 atom stereocenters. The second kappa shape index (κ2) is 8.07. The number of nitrogens with zero attached hydrogens (tertiary/aromatic N) is 2. The Bertz CT molecular complexity index is 686. The number of hydrogen-bond donors (Lipinski definition) is 0. The van der Waals surface area contributed by atoms with E-state index in [-0.39, 0.29) is 11.4 Å². The van der Waals surface area contributed by atoms with Crippen LogP contribution in [0.4, 0.5) is 10.5 Å². The van der Waals surface area contributed by atoms with E-state index in [1.54, 1.807) is 0 Å². The van der Waals surface area contributed by atoms with E-state index in [4.69, 9.17) is 9.47 Å². The van der Waals surface area contributed by atoms with Gasteiger partial charge >= 0.3 is 6.16 Å². The molecule has 126 valence electrons. The van der Waals surface area contributed by atoms with Gasteiger partial charge in [-0.3, -0.25) is 10.1 Å². The average molecular weight is 330 g/mol. The number of nitro groups is 1. The summed E-state index contributed by atoms with van der Waals surface area (Å²) in [6.45, 7) is 0.499. The topological polar surface area (TPSA) is 81.9 Å². The number of nitro benzene ring substituents is 1. The van der Waals surface area contributed by atoms with E-state index in [0.29, 0.717) is 6.54 Å². The Balaban J connectivity index is 2.03. The minimum Gasteiger partial charge on any atom is -0.424 e. The van der Waals surface area contributed by atoms with Crippen LogP contribution in [0.1, 0.15) is 11.7 Å². The van der Waals surface area contributed by atoms with Crippen LogP contribution in [0, 0.1) is 10.1 Å². The standard InChI is InChI=1S/C17H18N2O5/c1-18(2)12-16(13-6-4-3-5-7-13)24-17(20)23-15-10-8-14(9-11-15)19(21)22/h3-11,16H,12H2,1-2H3/t16-/m1/s1. The van der Waals surface area contributed by atoms with Gasteiger partial charge in [0.25, 0.3) is 5.69 Å². The van der Waals surface area contributed by atoms with Crippen molar-refractivity contribution in [1.29, 1.82) is 0 Å². The lowest BCUT2D eigenvalue weighted by Crippen LogP contribution is -2.25. The largest absolute Gasteiger partial charge is 0.514 e. The maximum Gasteiger partial charge on any atom is 0.514 e. The molecule has 0 heterocycles. The predicted molar refractivity (Wildman–Crippen MR) is 87.9 cm³/mol. The SMILES string of the molecule is CN(C)C[C@@H](OC(=O)Oc1ccc([N+](=O)[O-])cc1)c1ccccc1. The Hall–Kier alpha value is -2.93. The van der Waals surface area contributed by atoms with Crippen LogP contribution >= 0.6 is 0 Å². The van der Waals surface area contributed by atoms with E-state index in [2.05, 4.69) is 0 Å². The van der Waals surface area contributed by atoms with Crippen LogP contribution in [0.3, 0.4) is 0 Å². The number of carbonyl (C=O) groups excluding carboxylic acids is 1. The number of hydrogen-bond acceptors (Lipinski definition) is 6. The molecule has 0 amide bonds. The first-order chi connectivity index (χ1) is 11.5. The van der Waals surface area contributed by atoms with Gasteiger partial charge in [-0.05, 0) is 31.8 Å². The van der Waals surface area contributed by atoms with Crippen LogP contribution in [-0.4, -0.2) is 36.6 Å². The molecule has 7 nitrogen and oxygen atoms in total. The average Bonchev–Trinajstić information content (AvgIpc) is 2.55. The normalized spacial score (nSPS) is 11.8. The molecule has 0 saturated carbocycles. The molecule has 0 aliphatic carbocycles. The van der Waals surface area contributed by atoms with Crippen LogP contribution in [0.2, 0.25) is 0 Å². The van der Waals surface area contributed by atoms with E-state index < -0.39 is 17.2 Å². The molecular weight excluding hydrogens is 312 g/mol. The van der Waals surface area contributed by atoms with E-state index in [1.165, 1.54) is 24.3 Å². The van der Waals surface area contributed by atoms with Crippen molar-refractivity contribution in [2.75, 3.05) is 20.6 Å². The van der Waals surface area contributed by atoms with Crippen molar-refractivity contribution in [1.82, 2.24) is 4.90 Å². The molecule has 2 aromatic carbocycles. The fraction of sp³-hybridized carbons (Fsp3) is 0.235. The maximum absolute atomic E-state index is 12.0. The monoisotopic (exact) mass is 330 g/mol. The lowest BCUT2D eigenvalue weighted by Gasteiger charge is -2.21. The molecule has 0 aliphatic heterocycles. The van der Waals surface area contributed by atoms with E-state index in [9.17, 15) is 14.9 Å². The number of rotatable bonds is 6. The summed E-state index contributed by atoms with van der Waals surface area (Å²) in [6, 6.07) is 14.6. The highest BCUT2D eigenvalue weighted by Crippen LogP contribution is 2.21. The first kappa shape index (κ1) is 17.4. The molecule has 0 radical (unpaired) electrons. The van der Waals surface area contributed by atoms with Crippen molar-refractivity contribution in [3.63, 3.8) is 0 Å². The lowest BCUT2D eigenvalue weighted by molar-refractivity contribution is -0.384. The second-order valence-corrected chi connectivity index (χ2v) is 5.38. The highest BCUT2D eigenvalue weighted by Gasteiger charge is 2.19. The molecule has 0 aromatic heterocycles. The summed E-state index contributed by atoms with van der Waals surface area (Å²) >= 11 is 0. The highest BCUT2D eigenvalue weighted by molar-refractivity contribution is 5.64. The van der Waals surface area contributed by atoms with Gasteiger partial charge in [0.15, 0.2) is 0 Å².